The van der Waals surface area contributed by atoms with Crippen LogP contribution in [0.25, 0.3) is 0 Å². The fraction of sp³-hybridized carbons (Fsp3) is 0.625. The van der Waals surface area contributed by atoms with Gasteiger partial charge >= 0.3 is 12.1 Å². The molecule has 2 N–H and O–H groups in total. The number of amides is 2. The molecule has 7 heteroatoms. The first-order chi connectivity index (χ1) is 14.4. The van der Waals surface area contributed by atoms with E-state index in [1.807, 2.05) is 58.0 Å². The lowest BCUT2D eigenvalue weighted by atomic mass is 10.0. The van der Waals surface area contributed by atoms with Gasteiger partial charge in [0.05, 0.1) is 0 Å². The van der Waals surface area contributed by atoms with Gasteiger partial charge in [0.15, 0.2) is 0 Å². The lowest BCUT2D eigenvalue weighted by Gasteiger charge is -2.26. The third-order valence-electron chi connectivity index (χ3n) is 4.25. The fourth-order valence-electron chi connectivity index (χ4n) is 2.94. The molecule has 7 nitrogen and oxygen atoms in total. The molecular weight excluding hydrogens is 396 g/mol. The summed E-state index contributed by atoms with van der Waals surface area (Å²) in [7, 11) is 0. The predicted octanol–water partition coefficient (Wildman–Crippen LogP) is 4.20. The van der Waals surface area contributed by atoms with E-state index >= 15 is 0 Å². The Morgan fingerprint density at radius 1 is 0.871 bits per heavy atom. The zero-order chi connectivity index (χ0) is 23.6. The fourth-order valence-corrected chi connectivity index (χ4v) is 2.94. The molecule has 174 valence electrons. The van der Waals surface area contributed by atoms with Crippen molar-refractivity contribution in [1.29, 1.82) is 0 Å². The summed E-state index contributed by atoms with van der Waals surface area (Å²) in [5, 5.41) is 5.41. The van der Waals surface area contributed by atoms with Crippen LogP contribution in [-0.2, 0) is 25.7 Å². The van der Waals surface area contributed by atoms with Crippen molar-refractivity contribution in [3.63, 3.8) is 0 Å². The molecule has 1 rings (SSSR count). The Morgan fingerprint density at radius 2 is 1.42 bits per heavy atom. The Morgan fingerprint density at radius 3 is 1.94 bits per heavy atom. The molecule has 0 aliphatic heterocycles. The molecule has 1 aromatic rings. The average molecular weight is 435 g/mol. The van der Waals surface area contributed by atoms with Crippen LogP contribution >= 0.6 is 0 Å². The summed E-state index contributed by atoms with van der Waals surface area (Å²) in [6, 6.07) is 7.75. The van der Waals surface area contributed by atoms with Crippen molar-refractivity contribution in [3.05, 3.63) is 35.9 Å². The van der Waals surface area contributed by atoms with E-state index in [0.29, 0.717) is 12.8 Å². The summed E-state index contributed by atoms with van der Waals surface area (Å²) >= 11 is 0. The highest BCUT2D eigenvalue weighted by molar-refractivity contribution is 5.89. The number of nitrogens with one attached hydrogen (secondary N) is 2. The normalized spacial score (nSPS) is 13.5. The molecule has 0 spiro atoms. The lowest BCUT2D eigenvalue weighted by Crippen LogP contribution is -2.53. The van der Waals surface area contributed by atoms with Gasteiger partial charge in [-0.15, -0.1) is 0 Å². The molecule has 0 fully saturated rings. The van der Waals surface area contributed by atoms with E-state index < -0.39 is 35.7 Å². The van der Waals surface area contributed by atoms with Crippen molar-refractivity contribution >= 4 is 18.0 Å². The van der Waals surface area contributed by atoms with Gasteiger partial charge < -0.3 is 20.1 Å². The molecule has 0 bridgehead atoms. The summed E-state index contributed by atoms with van der Waals surface area (Å²) in [6.07, 6.45) is 0.180. The van der Waals surface area contributed by atoms with Crippen LogP contribution in [0, 0.1) is 11.8 Å². The Kier molecular flexibility index (Phi) is 10.5. The second kappa shape index (κ2) is 12.3. The molecule has 0 saturated heterocycles. The van der Waals surface area contributed by atoms with E-state index in [0.717, 1.165) is 5.56 Å². The van der Waals surface area contributed by atoms with Gasteiger partial charge in [-0.1, -0.05) is 58.0 Å². The molecule has 2 atom stereocenters. The number of ether oxygens (including phenoxy) is 2. The minimum atomic E-state index is -0.813. The first-order valence-electron chi connectivity index (χ1n) is 10.9. The molecule has 0 aromatic heterocycles. The zero-order valence-electron chi connectivity index (χ0n) is 19.9. The quantitative estimate of drug-likeness (QED) is 0.538. The maximum absolute atomic E-state index is 13.0. The van der Waals surface area contributed by atoms with Crippen LogP contribution in [0.15, 0.2) is 30.3 Å². The molecule has 0 radical (unpaired) electrons. The topological polar surface area (TPSA) is 93.7 Å². The van der Waals surface area contributed by atoms with E-state index in [-0.39, 0.29) is 18.4 Å². The second-order valence-corrected chi connectivity index (χ2v) is 9.61. The van der Waals surface area contributed by atoms with Crippen molar-refractivity contribution < 1.29 is 23.9 Å². The van der Waals surface area contributed by atoms with Gasteiger partial charge in [-0.05, 0) is 51.0 Å². The molecule has 0 aliphatic rings. The number of hydrogen-bond acceptors (Lipinski definition) is 5. The van der Waals surface area contributed by atoms with Gasteiger partial charge in [0.2, 0.25) is 5.91 Å². The lowest BCUT2D eigenvalue weighted by molar-refractivity contribution is -0.149. The Labute approximate surface area is 186 Å². The van der Waals surface area contributed by atoms with Crippen molar-refractivity contribution in [1.82, 2.24) is 10.6 Å². The predicted molar refractivity (Wildman–Crippen MR) is 120 cm³/mol. The molecule has 2 amide bonds. The first kappa shape index (κ1) is 26.5. The summed E-state index contributed by atoms with van der Waals surface area (Å²) < 4.78 is 10.7. The van der Waals surface area contributed by atoms with Gasteiger partial charge in [-0.25, -0.2) is 9.59 Å². The number of carbonyl (C=O) groups excluding carboxylic acids is 3. The Bertz CT molecular complexity index is 710. The van der Waals surface area contributed by atoms with Crippen molar-refractivity contribution in [2.75, 3.05) is 0 Å². The van der Waals surface area contributed by atoms with E-state index in [2.05, 4.69) is 10.6 Å². The van der Waals surface area contributed by atoms with Crippen LogP contribution < -0.4 is 10.6 Å². The zero-order valence-corrected chi connectivity index (χ0v) is 19.9. The monoisotopic (exact) mass is 434 g/mol. The second-order valence-electron chi connectivity index (χ2n) is 9.61. The Hall–Kier alpha value is -2.57. The average Bonchev–Trinajstić information content (AvgIpc) is 2.63. The number of benzene rings is 1. The van der Waals surface area contributed by atoms with Crippen molar-refractivity contribution in [2.24, 2.45) is 11.8 Å². The minimum Gasteiger partial charge on any atom is -0.459 e. The van der Waals surface area contributed by atoms with Crippen LogP contribution in [0.1, 0.15) is 66.9 Å². The summed E-state index contributed by atoms with van der Waals surface area (Å²) in [5.41, 5.74) is 0.194. The van der Waals surface area contributed by atoms with Gasteiger partial charge in [-0.2, -0.15) is 0 Å². The van der Waals surface area contributed by atoms with E-state index in [1.54, 1.807) is 20.8 Å². The summed E-state index contributed by atoms with van der Waals surface area (Å²) in [6.45, 7) is 13.2. The number of carbonyl (C=O) groups is 3. The SMILES string of the molecule is CC(C)C[C@H](NC(=O)OC(C)(C)C)C(=O)N[C@@H](CC(C)C)C(=O)OCc1ccccc1. The number of rotatable bonds is 10. The maximum atomic E-state index is 13.0. The summed E-state index contributed by atoms with van der Waals surface area (Å²) in [4.78, 5) is 37.9. The molecule has 0 aliphatic carbocycles. The van der Waals surface area contributed by atoms with Crippen LogP contribution in [0.4, 0.5) is 4.79 Å². The molecule has 31 heavy (non-hydrogen) atoms. The van der Waals surface area contributed by atoms with Crippen LogP contribution in [-0.4, -0.2) is 35.7 Å². The molecule has 0 unspecified atom stereocenters. The van der Waals surface area contributed by atoms with Crippen LogP contribution in [0.2, 0.25) is 0 Å². The van der Waals surface area contributed by atoms with E-state index in [4.69, 9.17) is 9.47 Å². The van der Waals surface area contributed by atoms with Crippen LogP contribution in [0.5, 0.6) is 0 Å². The third kappa shape index (κ3) is 11.4. The van der Waals surface area contributed by atoms with E-state index in [9.17, 15) is 14.4 Å². The smallest absolute Gasteiger partial charge is 0.408 e. The molecular formula is C24H38N2O5. The maximum Gasteiger partial charge on any atom is 0.408 e. The third-order valence-corrected chi connectivity index (χ3v) is 4.25. The van der Waals surface area contributed by atoms with E-state index in [1.165, 1.54) is 0 Å². The number of esters is 1. The minimum absolute atomic E-state index is 0.135. The van der Waals surface area contributed by atoms with Crippen molar-refractivity contribution in [2.45, 2.75) is 85.6 Å². The Balaban J connectivity index is 2.83. The highest BCUT2D eigenvalue weighted by atomic mass is 16.6. The van der Waals surface area contributed by atoms with Gasteiger partial charge in [-0.3, -0.25) is 4.79 Å². The van der Waals surface area contributed by atoms with Crippen LogP contribution in [0.3, 0.4) is 0 Å². The van der Waals surface area contributed by atoms with Gasteiger partial charge in [0, 0.05) is 0 Å². The van der Waals surface area contributed by atoms with Crippen molar-refractivity contribution in [3.8, 4) is 0 Å². The first-order valence-corrected chi connectivity index (χ1v) is 10.9. The largest absolute Gasteiger partial charge is 0.459 e. The molecule has 0 saturated carbocycles. The van der Waals surface area contributed by atoms with Gasteiger partial charge in [0.25, 0.3) is 0 Å². The number of alkyl carbamates (subject to hydrolysis) is 1. The standard InChI is InChI=1S/C24H38N2O5/c1-16(2)13-19(26-23(29)31-24(5,6)7)21(27)25-20(14-17(3)4)22(28)30-15-18-11-9-8-10-12-18/h8-12,16-17,19-20H,13-15H2,1-7H3,(H,25,27)(H,26,29)/t19-,20-/m0/s1. The highest BCUT2D eigenvalue weighted by Gasteiger charge is 2.30. The van der Waals surface area contributed by atoms with Gasteiger partial charge in [0.1, 0.15) is 24.3 Å². The number of hydrogen-bond donors (Lipinski definition) is 2. The highest BCUT2D eigenvalue weighted by Crippen LogP contribution is 2.12. The molecule has 0 heterocycles. The molecule has 1 aromatic carbocycles. The summed E-state index contributed by atoms with van der Waals surface area (Å²) in [5.74, 6) is -0.607.